The molecule has 0 spiro atoms. The van der Waals surface area contributed by atoms with E-state index >= 15 is 0 Å². The number of fused-ring (bicyclic) bond motifs is 3. The molecule has 0 radical (unpaired) electrons. The monoisotopic (exact) mass is 378 g/mol. The zero-order chi connectivity index (χ0) is 20.3. The van der Waals surface area contributed by atoms with Gasteiger partial charge < -0.3 is 10.2 Å². The molecular formula is C20H15FN4O3. The number of rotatable bonds is 1. The lowest BCUT2D eigenvalue weighted by Crippen LogP contribution is -2.09. The van der Waals surface area contributed by atoms with E-state index in [2.05, 4.69) is 16.0 Å². The van der Waals surface area contributed by atoms with E-state index in [9.17, 15) is 14.8 Å². The molecule has 3 aromatic rings. The number of carboxylic acid groups (broad SMARTS) is 1. The molecule has 8 heteroatoms. The third-order valence-electron chi connectivity index (χ3n) is 3.92. The summed E-state index contributed by atoms with van der Waals surface area (Å²) in [7, 11) is 0. The molecule has 7 nitrogen and oxygen atoms in total. The summed E-state index contributed by atoms with van der Waals surface area (Å²) in [5.41, 5.74) is 2.22. The van der Waals surface area contributed by atoms with Crippen LogP contribution in [0.3, 0.4) is 0 Å². The predicted octanol–water partition coefficient (Wildman–Crippen LogP) is 2.82. The predicted molar refractivity (Wildman–Crippen MR) is 98.6 cm³/mol. The highest BCUT2D eigenvalue weighted by Gasteiger charge is 2.25. The summed E-state index contributed by atoms with van der Waals surface area (Å²) in [4.78, 5) is 17.4. The van der Waals surface area contributed by atoms with Gasteiger partial charge in [-0.15, -0.1) is 0 Å². The Labute approximate surface area is 159 Å². The van der Waals surface area contributed by atoms with Crippen molar-refractivity contribution in [1.29, 1.82) is 5.26 Å². The van der Waals surface area contributed by atoms with Gasteiger partial charge in [-0.3, -0.25) is 9.36 Å². The standard InChI is InChI=1S/C18H11FN4O.C2H4O2/c19-14-4-2-1-3-12(14)16-13-9-11(10-20)5-6-15(13)23-8-7-21-17(23)18(24)22-16;1-2(3)4/h1-9,18,24H;1H3,(H,3,4). The zero-order valence-corrected chi connectivity index (χ0v) is 14.7. The van der Waals surface area contributed by atoms with Gasteiger partial charge in [-0.25, -0.2) is 14.4 Å². The Hall–Kier alpha value is -3.83. The average Bonchev–Trinajstić information content (AvgIpc) is 3.12. The summed E-state index contributed by atoms with van der Waals surface area (Å²) >= 11 is 0. The lowest BCUT2D eigenvalue weighted by atomic mass is 9.98. The number of halogens is 1. The highest BCUT2D eigenvalue weighted by Crippen LogP contribution is 2.30. The van der Waals surface area contributed by atoms with E-state index in [4.69, 9.17) is 9.90 Å². The van der Waals surface area contributed by atoms with E-state index in [0.29, 0.717) is 28.4 Å². The van der Waals surface area contributed by atoms with Crippen LogP contribution in [0.25, 0.3) is 5.69 Å². The maximum absolute atomic E-state index is 14.3. The van der Waals surface area contributed by atoms with Crippen molar-refractivity contribution in [1.82, 2.24) is 9.55 Å². The molecular weight excluding hydrogens is 363 g/mol. The molecule has 1 aliphatic heterocycles. The van der Waals surface area contributed by atoms with Crippen LogP contribution in [-0.4, -0.2) is 31.4 Å². The Morgan fingerprint density at radius 1 is 1.25 bits per heavy atom. The van der Waals surface area contributed by atoms with Crippen LogP contribution in [0, 0.1) is 17.1 Å². The minimum Gasteiger partial charge on any atom is -0.481 e. The number of aliphatic carboxylic acids is 1. The molecule has 2 N–H and O–H groups in total. The van der Waals surface area contributed by atoms with Crippen LogP contribution in [-0.2, 0) is 4.79 Å². The summed E-state index contributed by atoms with van der Waals surface area (Å²) in [5.74, 6) is -0.941. The van der Waals surface area contributed by atoms with Gasteiger partial charge in [0.05, 0.1) is 23.0 Å². The normalized spacial score (nSPS) is 14.4. The Kier molecular flexibility index (Phi) is 5.29. The highest BCUT2D eigenvalue weighted by atomic mass is 19.1. The van der Waals surface area contributed by atoms with E-state index in [1.807, 2.05) is 0 Å². The quantitative estimate of drug-likeness (QED) is 0.676. The molecule has 0 bridgehead atoms. The number of nitrogens with zero attached hydrogens (tertiary/aromatic N) is 4. The van der Waals surface area contributed by atoms with Gasteiger partial charge in [-0.1, -0.05) is 12.1 Å². The summed E-state index contributed by atoms with van der Waals surface area (Å²) in [6.45, 7) is 1.08. The highest BCUT2D eigenvalue weighted by molar-refractivity contribution is 6.15. The largest absolute Gasteiger partial charge is 0.481 e. The first kappa shape index (κ1) is 18.9. The van der Waals surface area contributed by atoms with Gasteiger partial charge in [0.1, 0.15) is 5.82 Å². The Morgan fingerprint density at radius 3 is 2.64 bits per heavy atom. The Balaban J connectivity index is 0.000000516. The number of nitriles is 1. The van der Waals surface area contributed by atoms with Crippen molar-refractivity contribution >= 4 is 11.7 Å². The van der Waals surface area contributed by atoms with Crippen LogP contribution in [0.5, 0.6) is 0 Å². The van der Waals surface area contributed by atoms with Crippen molar-refractivity contribution in [2.45, 2.75) is 13.2 Å². The van der Waals surface area contributed by atoms with Gasteiger partial charge in [-0.2, -0.15) is 5.26 Å². The fourth-order valence-corrected chi connectivity index (χ4v) is 2.83. The third kappa shape index (κ3) is 3.65. The molecule has 1 unspecified atom stereocenters. The molecule has 1 aliphatic rings. The van der Waals surface area contributed by atoms with Crippen LogP contribution in [0.1, 0.15) is 35.7 Å². The van der Waals surface area contributed by atoms with Crippen LogP contribution in [0.4, 0.5) is 4.39 Å². The molecule has 1 atom stereocenters. The summed E-state index contributed by atoms with van der Waals surface area (Å²) in [6.07, 6.45) is 2.03. The van der Waals surface area contributed by atoms with Crippen molar-refractivity contribution < 1.29 is 19.4 Å². The second kappa shape index (κ2) is 7.82. The third-order valence-corrected chi connectivity index (χ3v) is 3.92. The minimum absolute atomic E-state index is 0.263. The number of aliphatic hydroxyl groups excluding tert-OH is 1. The molecule has 0 aliphatic carbocycles. The minimum atomic E-state index is -1.23. The molecule has 0 amide bonds. The molecule has 28 heavy (non-hydrogen) atoms. The number of carbonyl (C=O) groups is 1. The van der Waals surface area contributed by atoms with Crippen molar-refractivity contribution in [2.24, 2.45) is 4.99 Å². The molecule has 2 aromatic carbocycles. The van der Waals surface area contributed by atoms with Crippen molar-refractivity contribution in [3.05, 3.63) is 83.2 Å². The van der Waals surface area contributed by atoms with Gasteiger partial charge in [0, 0.05) is 30.4 Å². The SMILES string of the molecule is CC(=O)O.N#Cc1ccc2c(c1)C(c1ccccc1F)=NC(O)c1nccn1-2. The fraction of sp³-hybridized carbons (Fsp3) is 0.100. The lowest BCUT2D eigenvalue weighted by Gasteiger charge is -2.12. The van der Waals surface area contributed by atoms with E-state index in [1.165, 1.54) is 6.07 Å². The topological polar surface area (TPSA) is 112 Å². The number of benzene rings is 2. The molecule has 140 valence electrons. The first-order valence-electron chi connectivity index (χ1n) is 8.20. The zero-order valence-electron chi connectivity index (χ0n) is 14.7. The van der Waals surface area contributed by atoms with Gasteiger partial charge in [-0.05, 0) is 30.3 Å². The maximum Gasteiger partial charge on any atom is 0.300 e. The number of aliphatic imine (C=N–C) groups is 1. The Bertz CT molecular complexity index is 1110. The van der Waals surface area contributed by atoms with Crippen molar-refractivity contribution in [3.8, 4) is 11.8 Å². The average molecular weight is 378 g/mol. The van der Waals surface area contributed by atoms with Crippen LogP contribution < -0.4 is 0 Å². The fourth-order valence-electron chi connectivity index (χ4n) is 2.83. The van der Waals surface area contributed by atoms with E-state index < -0.39 is 18.0 Å². The molecule has 0 saturated heterocycles. The number of imidazole rings is 1. The number of aromatic nitrogens is 2. The molecule has 2 heterocycles. The van der Waals surface area contributed by atoms with E-state index in [1.54, 1.807) is 53.4 Å². The molecule has 0 fully saturated rings. The molecule has 4 rings (SSSR count). The summed E-state index contributed by atoms with van der Waals surface area (Å²) in [6, 6.07) is 13.3. The number of aliphatic hydroxyl groups is 1. The first-order valence-corrected chi connectivity index (χ1v) is 8.20. The summed E-state index contributed by atoms with van der Waals surface area (Å²) < 4.78 is 16.0. The smallest absolute Gasteiger partial charge is 0.300 e. The van der Waals surface area contributed by atoms with Crippen LogP contribution >= 0.6 is 0 Å². The lowest BCUT2D eigenvalue weighted by molar-refractivity contribution is -0.134. The van der Waals surface area contributed by atoms with Gasteiger partial charge in [0.15, 0.2) is 5.82 Å². The van der Waals surface area contributed by atoms with E-state index in [0.717, 1.165) is 6.92 Å². The maximum atomic E-state index is 14.3. The Morgan fingerprint density at radius 2 is 1.96 bits per heavy atom. The van der Waals surface area contributed by atoms with Crippen molar-refractivity contribution in [2.75, 3.05) is 0 Å². The van der Waals surface area contributed by atoms with Gasteiger partial charge in [0.2, 0.25) is 6.23 Å². The van der Waals surface area contributed by atoms with Crippen molar-refractivity contribution in [3.63, 3.8) is 0 Å². The van der Waals surface area contributed by atoms with Gasteiger partial charge in [0.25, 0.3) is 5.97 Å². The van der Waals surface area contributed by atoms with Crippen LogP contribution in [0.2, 0.25) is 0 Å². The number of carboxylic acids is 1. The first-order chi connectivity index (χ1) is 13.4. The molecule has 0 saturated carbocycles. The van der Waals surface area contributed by atoms with Gasteiger partial charge >= 0.3 is 0 Å². The second-order valence-corrected chi connectivity index (χ2v) is 5.85. The van der Waals surface area contributed by atoms with E-state index in [-0.39, 0.29) is 5.56 Å². The molecule has 1 aromatic heterocycles. The summed E-state index contributed by atoms with van der Waals surface area (Å²) in [5, 5.41) is 27.0. The number of hydrogen-bond acceptors (Lipinski definition) is 5. The number of hydrogen-bond donors (Lipinski definition) is 2. The van der Waals surface area contributed by atoms with Crippen LogP contribution in [0.15, 0.2) is 59.9 Å². The second-order valence-electron chi connectivity index (χ2n) is 5.85.